The largest absolute Gasteiger partial charge is 0.444 e. The van der Waals surface area contributed by atoms with Crippen molar-refractivity contribution in [3.63, 3.8) is 0 Å². The molecule has 0 radical (unpaired) electrons. The van der Waals surface area contributed by atoms with Crippen LogP contribution in [0.3, 0.4) is 0 Å². The van der Waals surface area contributed by atoms with Gasteiger partial charge in [0.15, 0.2) is 0 Å². The summed E-state index contributed by atoms with van der Waals surface area (Å²) >= 11 is 4.87. The zero-order chi connectivity index (χ0) is 9.28. The lowest BCUT2D eigenvalue weighted by molar-refractivity contribution is -0.0564. The van der Waals surface area contributed by atoms with Crippen molar-refractivity contribution < 1.29 is 13.2 Å². The lowest BCUT2D eigenvalue weighted by Gasteiger charge is -2.13. The summed E-state index contributed by atoms with van der Waals surface area (Å²) in [7, 11) is 0. The molecule has 0 amide bonds. The van der Waals surface area contributed by atoms with Gasteiger partial charge >= 0.3 is 6.18 Å². The smallest absolute Gasteiger partial charge is 0.264 e. The first kappa shape index (κ1) is 10.8. The van der Waals surface area contributed by atoms with Gasteiger partial charge in [-0.25, -0.2) is 0 Å². The summed E-state index contributed by atoms with van der Waals surface area (Å²) in [6.45, 7) is 4.63. The topological polar surface area (TPSA) is 12.4 Å². The number of rotatable bonds is 0. The highest BCUT2D eigenvalue weighted by atomic mass is 35.5. The molecule has 66 valence electrons. The molecule has 0 atom stereocenters. The maximum absolute atomic E-state index is 11.7. The van der Waals surface area contributed by atoms with E-state index >= 15 is 0 Å². The van der Waals surface area contributed by atoms with E-state index < -0.39 is 16.9 Å². The second-order valence-electron chi connectivity index (χ2n) is 3.07. The Hall–Kier alpha value is -0.250. The SMILES string of the molecule is CC(C)(C)N=C(Cl)C(F)(F)F. The maximum Gasteiger partial charge on any atom is 0.444 e. The normalized spacial score (nSPS) is 15.4. The van der Waals surface area contributed by atoms with E-state index in [4.69, 9.17) is 11.6 Å². The molecule has 11 heavy (non-hydrogen) atoms. The molecule has 0 N–H and O–H groups in total. The van der Waals surface area contributed by atoms with Gasteiger partial charge in [0.2, 0.25) is 5.17 Å². The fourth-order valence-corrected chi connectivity index (χ4v) is 0.611. The minimum absolute atomic E-state index is 0.785. The van der Waals surface area contributed by atoms with Gasteiger partial charge in [0, 0.05) is 0 Å². The van der Waals surface area contributed by atoms with Crippen molar-refractivity contribution in [2.24, 2.45) is 4.99 Å². The first-order valence-corrected chi connectivity index (χ1v) is 3.33. The minimum Gasteiger partial charge on any atom is -0.264 e. The molecule has 0 heterocycles. The van der Waals surface area contributed by atoms with Gasteiger partial charge in [-0.1, -0.05) is 11.6 Å². The van der Waals surface area contributed by atoms with E-state index in [1.54, 1.807) is 20.8 Å². The Morgan fingerprint density at radius 3 is 1.64 bits per heavy atom. The maximum atomic E-state index is 11.7. The molecule has 1 nitrogen and oxygen atoms in total. The number of alkyl halides is 3. The molecule has 0 aliphatic carbocycles. The Labute approximate surface area is 68.3 Å². The minimum atomic E-state index is -4.52. The zero-order valence-electron chi connectivity index (χ0n) is 6.46. The van der Waals surface area contributed by atoms with Crippen LogP contribution in [0.2, 0.25) is 0 Å². The predicted molar refractivity (Wildman–Crippen MR) is 39.1 cm³/mol. The van der Waals surface area contributed by atoms with Gasteiger partial charge in [0.1, 0.15) is 0 Å². The zero-order valence-corrected chi connectivity index (χ0v) is 7.22. The third-order valence-corrected chi connectivity index (χ3v) is 0.966. The highest BCUT2D eigenvalue weighted by Gasteiger charge is 2.35. The monoisotopic (exact) mass is 187 g/mol. The van der Waals surface area contributed by atoms with Crippen molar-refractivity contribution in [3.05, 3.63) is 0 Å². The lowest BCUT2D eigenvalue weighted by Crippen LogP contribution is -2.22. The van der Waals surface area contributed by atoms with Gasteiger partial charge in [-0.2, -0.15) is 13.2 Å². The molecule has 0 unspecified atom stereocenters. The first-order chi connectivity index (χ1) is 4.63. The fraction of sp³-hybridized carbons (Fsp3) is 0.833. The summed E-state index contributed by atoms with van der Waals surface area (Å²) in [5.41, 5.74) is -0.785. The Balaban J connectivity index is 4.49. The average molecular weight is 188 g/mol. The van der Waals surface area contributed by atoms with Crippen molar-refractivity contribution in [2.45, 2.75) is 32.5 Å². The van der Waals surface area contributed by atoms with Crippen LogP contribution in [0, 0.1) is 0 Å². The third-order valence-electron chi connectivity index (χ3n) is 0.667. The van der Waals surface area contributed by atoms with E-state index in [-0.39, 0.29) is 0 Å². The highest BCUT2D eigenvalue weighted by Crippen LogP contribution is 2.22. The number of aliphatic imine (C=N–C) groups is 1. The van der Waals surface area contributed by atoms with Crippen LogP contribution in [0.1, 0.15) is 20.8 Å². The molecule has 0 spiro atoms. The van der Waals surface area contributed by atoms with Crippen LogP contribution < -0.4 is 0 Å². The van der Waals surface area contributed by atoms with Gasteiger partial charge in [-0.15, -0.1) is 0 Å². The third kappa shape index (κ3) is 5.07. The molecule has 0 rings (SSSR count). The summed E-state index contributed by atoms with van der Waals surface area (Å²) < 4.78 is 35.2. The number of nitrogens with zero attached hydrogens (tertiary/aromatic N) is 1. The van der Waals surface area contributed by atoms with E-state index in [1.807, 2.05) is 0 Å². The van der Waals surface area contributed by atoms with Crippen molar-refractivity contribution in [1.82, 2.24) is 0 Å². The molecule has 0 aromatic carbocycles. The second kappa shape index (κ2) is 3.01. The highest BCUT2D eigenvalue weighted by molar-refractivity contribution is 6.66. The number of halogens is 4. The van der Waals surface area contributed by atoms with E-state index in [0.29, 0.717) is 0 Å². The molecule has 0 aliphatic rings. The van der Waals surface area contributed by atoms with Crippen molar-refractivity contribution in [2.75, 3.05) is 0 Å². The summed E-state index contributed by atoms with van der Waals surface area (Å²) in [6, 6.07) is 0. The molecular formula is C6H9ClF3N. The Kier molecular flexibility index (Phi) is 2.94. The van der Waals surface area contributed by atoms with Crippen LogP contribution in [0.4, 0.5) is 13.2 Å². The van der Waals surface area contributed by atoms with Crippen molar-refractivity contribution >= 4 is 16.8 Å². The number of hydrogen-bond donors (Lipinski definition) is 0. The molecular weight excluding hydrogens is 179 g/mol. The Morgan fingerprint density at radius 1 is 1.18 bits per heavy atom. The van der Waals surface area contributed by atoms with E-state index in [1.165, 1.54) is 0 Å². The molecule has 0 bridgehead atoms. The van der Waals surface area contributed by atoms with Crippen LogP contribution in [0.5, 0.6) is 0 Å². The molecule has 0 aromatic heterocycles. The van der Waals surface area contributed by atoms with Crippen LogP contribution in [-0.4, -0.2) is 16.9 Å². The first-order valence-electron chi connectivity index (χ1n) is 2.95. The van der Waals surface area contributed by atoms with Crippen LogP contribution in [0.25, 0.3) is 0 Å². The van der Waals surface area contributed by atoms with Crippen LogP contribution in [-0.2, 0) is 0 Å². The Bertz CT molecular complexity index is 166. The molecule has 0 saturated heterocycles. The lowest BCUT2D eigenvalue weighted by atomic mass is 10.1. The predicted octanol–water partition coefficient (Wildman–Crippen LogP) is 2.98. The summed E-state index contributed by atoms with van der Waals surface area (Å²) in [5, 5.41) is -1.30. The van der Waals surface area contributed by atoms with Crippen molar-refractivity contribution in [1.29, 1.82) is 0 Å². The Morgan fingerprint density at radius 2 is 1.55 bits per heavy atom. The second-order valence-corrected chi connectivity index (χ2v) is 3.43. The van der Waals surface area contributed by atoms with Gasteiger partial charge in [0.25, 0.3) is 0 Å². The molecule has 0 fully saturated rings. The van der Waals surface area contributed by atoms with Crippen molar-refractivity contribution in [3.8, 4) is 0 Å². The van der Waals surface area contributed by atoms with Crippen LogP contribution >= 0.6 is 11.6 Å². The van der Waals surface area contributed by atoms with E-state index in [0.717, 1.165) is 0 Å². The van der Waals surface area contributed by atoms with E-state index in [2.05, 4.69) is 4.99 Å². The van der Waals surface area contributed by atoms with Crippen LogP contribution in [0.15, 0.2) is 4.99 Å². The van der Waals surface area contributed by atoms with Gasteiger partial charge < -0.3 is 0 Å². The quantitative estimate of drug-likeness (QED) is 0.517. The molecule has 0 saturated carbocycles. The summed E-state index contributed by atoms with van der Waals surface area (Å²) in [4.78, 5) is 3.24. The molecule has 0 aliphatic heterocycles. The summed E-state index contributed by atoms with van der Waals surface area (Å²) in [5.74, 6) is 0. The van der Waals surface area contributed by atoms with Gasteiger partial charge in [0.05, 0.1) is 5.54 Å². The van der Waals surface area contributed by atoms with E-state index in [9.17, 15) is 13.2 Å². The van der Waals surface area contributed by atoms with Gasteiger partial charge in [-0.05, 0) is 20.8 Å². The molecule has 0 aromatic rings. The standard InChI is InChI=1S/C6H9ClF3N/c1-5(2,3)11-4(7)6(8,9)10/h1-3H3. The molecule has 5 heteroatoms. The number of hydrogen-bond acceptors (Lipinski definition) is 1. The average Bonchev–Trinajstić information content (AvgIpc) is 1.56. The van der Waals surface area contributed by atoms with Gasteiger partial charge in [-0.3, -0.25) is 4.99 Å². The fourth-order valence-electron chi connectivity index (χ4n) is 0.358. The summed E-state index contributed by atoms with van der Waals surface area (Å²) in [6.07, 6.45) is -4.52.